The van der Waals surface area contributed by atoms with Gasteiger partial charge in [-0.25, -0.2) is 0 Å². The van der Waals surface area contributed by atoms with E-state index in [2.05, 4.69) is 44.8 Å². The highest BCUT2D eigenvalue weighted by molar-refractivity contribution is 5.89. The van der Waals surface area contributed by atoms with Crippen LogP contribution in [0.15, 0.2) is 12.1 Å². The Morgan fingerprint density at radius 1 is 1.42 bits per heavy atom. The summed E-state index contributed by atoms with van der Waals surface area (Å²) in [6, 6.07) is 4.46. The zero-order valence-corrected chi connectivity index (χ0v) is 15.2. The molecule has 1 aliphatic rings. The molecule has 0 fully saturated rings. The van der Waals surface area contributed by atoms with E-state index >= 15 is 0 Å². The van der Waals surface area contributed by atoms with Gasteiger partial charge >= 0.3 is 0 Å². The van der Waals surface area contributed by atoms with Crippen molar-refractivity contribution in [1.82, 2.24) is 4.98 Å². The van der Waals surface area contributed by atoms with E-state index < -0.39 is 5.60 Å². The minimum atomic E-state index is -0.508. The van der Waals surface area contributed by atoms with Gasteiger partial charge in [-0.15, -0.1) is 0 Å². The van der Waals surface area contributed by atoms with E-state index in [4.69, 9.17) is 4.74 Å². The van der Waals surface area contributed by atoms with Crippen molar-refractivity contribution in [1.29, 1.82) is 0 Å². The molecule has 0 spiro atoms. The number of aromatic amines is 1. The lowest BCUT2D eigenvalue weighted by Gasteiger charge is -2.39. The van der Waals surface area contributed by atoms with Gasteiger partial charge in [0, 0.05) is 136 Å². The Bertz CT molecular complexity index is 814. The van der Waals surface area contributed by atoms with Crippen LogP contribution in [0.25, 0.3) is 10.9 Å². The van der Waals surface area contributed by atoms with Crippen LogP contribution < -0.4 is 0 Å². The number of aryl methyl sites for hydroxylation is 2. The van der Waals surface area contributed by atoms with Gasteiger partial charge in [0.25, 0.3) is 0 Å². The van der Waals surface area contributed by atoms with E-state index in [1.54, 1.807) is 0 Å². The summed E-state index contributed by atoms with van der Waals surface area (Å²) in [6.45, 7) is 9.37. The largest absolute Gasteiger partial charge is 0.412 e. The number of aromatic nitrogens is 1. The minimum absolute atomic E-state index is 0. The first kappa shape index (κ1) is 18.7. The lowest BCUT2D eigenvalue weighted by atomic mass is 9.80. The SMILES string of the molecule is CCCc1c(C)ccc2c3c([nH]c12)[C@](CC=O)(C(C)C)OCC3.O.[HH].[HH].[HH].[HH].[HH].[HH].[HH].[HH].[HH].[HH].[HH].[HH].[HH].[HH].[HH].[HH].[HH].[HH].[HH].[HH].[HH].[HH].[HH].[HH].[HH].[HH].[HH].[HH].[HH].[HH].[HH].[HH].[HH].[HH].[HH].[HH].[HH].[HH].[HH].[HH].[HH].[HH].[HH].[HH].[HH].[HH].[HH].[HH].[HH].[HH].[HH].[HH].[HH].[HH].[HH].[HH].[HH].[HH].[HH].[HH].[HH].[HH].[HH].[HH].[HH].[HH].[HH].[HH].[HH].[HH].[HH].[HH].[HH].[HH].[HH].[HH].[HH].[HH].[HH].[HH].[HH].[HH].[HH]. The molecule has 2 heterocycles. The first-order chi connectivity index (χ1) is 11.0. The fourth-order valence-corrected chi connectivity index (χ4v) is 4.06. The van der Waals surface area contributed by atoms with Crippen LogP contribution in [0.3, 0.4) is 0 Å². The van der Waals surface area contributed by atoms with Gasteiger partial charge in [-0.2, -0.15) is 0 Å². The molecule has 0 aliphatic carbocycles. The van der Waals surface area contributed by atoms with E-state index in [0.29, 0.717) is 13.0 Å². The minimum Gasteiger partial charge on any atom is -0.412 e. The molecule has 298 valence electrons. The maximum absolute atomic E-state index is 11.3. The monoisotopic (exact) mass is 499 g/mol. The molecule has 2 aromatic rings. The van der Waals surface area contributed by atoms with Gasteiger partial charge in [0.2, 0.25) is 0 Å². The van der Waals surface area contributed by atoms with Crippen molar-refractivity contribution < 1.29 is 133 Å². The quantitative estimate of drug-likeness (QED) is 0.416. The van der Waals surface area contributed by atoms with E-state index in [0.717, 1.165) is 31.2 Å². The van der Waals surface area contributed by atoms with Gasteiger partial charge < -0.3 is 20.0 Å². The first-order valence-electron chi connectivity index (χ1n) is 8.76. The van der Waals surface area contributed by atoms with Crippen molar-refractivity contribution in [2.24, 2.45) is 5.92 Å². The van der Waals surface area contributed by atoms with Gasteiger partial charge in [0.15, 0.2) is 0 Å². The summed E-state index contributed by atoms with van der Waals surface area (Å²) in [4.78, 5) is 15.0. The topological polar surface area (TPSA) is 73.6 Å². The van der Waals surface area contributed by atoms with Gasteiger partial charge in [-0.05, 0) is 42.4 Å². The second-order valence-electron chi connectivity index (χ2n) is 7.03. The lowest BCUT2D eigenvalue weighted by molar-refractivity contribution is -0.127. The average molecular weight is 499 g/mol. The first-order valence-corrected chi connectivity index (χ1v) is 8.76. The van der Waals surface area contributed by atoms with Crippen molar-refractivity contribution in [3.63, 3.8) is 0 Å². The van der Waals surface area contributed by atoms with Crippen molar-refractivity contribution in [3.8, 4) is 0 Å². The third-order valence-electron chi connectivity index (χ3n) is 5.38. The number of carbonyl (C=O) groups is 1. The molecule has 1 atom stereocenters. The third kappa shape index (κ3) is 2.68. The highest BCUT2D eigenvalue weighted by atomic mass is 16.5. The molecule has 1 aliphatic heterocycles. The normalized spacial score (nSPS) is 20.0. The molecule has 0 saturated heterocycles. The summed E-state index contributed by atoms with van der Waals surface area (Å²) >= 11 is 0. The summed E-state index contributed by atoms with van der Waals surface area (Å²) in [5, 5.41) is 1.31. The van der Waals surface area contributed by atoms with Crippen LogP contribution in [0.4, 0.5) is 0 Å². The average Bonchev–Trinajstić information content (AvgIpc) is 2.90. The molecule has 0 saturated carbocycles. The predicted octanol–water partition coefficient (Wildman–Crippen LogP) is 24.0. The molecule has 3 rings (SSSR count). The van der Waals surface area contributed by atoms with Gasteiger partial charge in [-0.1, -0.05) is 39.3 Å². The number of fused-ring (bicyclic) bond motifs is 3. The molecule has 3 N–H and O–H groups in total. The number of hydrogen-bond acceptors (Lipinski definition) is 2. The van der Waals surface area contributed by atoms with Crippen molar-refractivity contribution in [2.45, 2.75) is 59.0 Å². The highest BCUT2D eigenvalue weighted by Crippen LogP contribution is 2.44. The molecule has 0 bridgehead atoms. The highest BCUT2D eigenvalue weighted by Gasteiger charge is 2.42. The van der Waals surface area contributed by atoms with E-state index in [1.807, 2.05) is 0 Å². The molecule has 4 heteroatoms. The molecule has 24 heavy (non-hydrogen) atoms. The lowest BCUT2D eigenvalue weighted by Crippen LogP contribution is -2.40. The number of aldehydes is 1. The molecular formula is C20H195NO3. The van der Waals surface area contributed by atoms with E-state index in [9.17, 15) is 4.79 Å². The van der Waals surface area contributed by atoms with Crippen molar-refractivity contribution >= 4 is 17.2 Å². The van der Waals surface area contributed by atoms with Crippen LogP contribution in [-0.4, -0.2) is 23.4 Å². The van der Waals surface area contributed by atoms with Crippen LogP contribution in [0.5, 0.6) is 0 Å². The van der Waals surface area contributed by atoms with Gasteiger partial charge in [-0.3, -0.25) is 0 Å². The van der Waals surface area contributed by atoms with Gasteiger partial charge in [0.1, 0.15) is 11.9 Å². The Labute approximate surface area is 267 Å². The summed E-state index contributed by atoms with van der Waals surface area (Å²) in [7, 11) is 0. The summed E-state index contributed by atoms with van der Waals surface area (Å²) in [5.41, 5.74) is 5.96. The fourth-order valence-electron chi connectivity index (χ4n) is 4.06. The number of benzene rings is 1. The van der Waals surface area contributed by atoms with Crippen LogP contribution in [-0.2, 0) is 28.0 Å². The van der Waals surface area contributed by atoms with Crippen LogP contribution in [0, 0.1) is 12.8 Å². The van der Waals surface area contributed by atoms with Crippen LogP contribution in [0.1, 0.15) is 174 Å². The number of H-pyrrole nitrogens is 1. The van der Waals surface area contributed by atoms with Crippen molar-refractivity contribution in [3.05, 3.63) is 34.5 Å². The molecular weight excluding hydrogens is 302 g/mol. The smallest absolute Gasteiger partial charge is 0.123 e. The van der Waals surface area contributed by atoms with E-state index in [-0.39, 0.29) is 130 Å². The Kier molecular flexibility index (Phi) is 5.51. The second kappa shape index (κ2) is 7.08. The van der Waals surface area contributed by atoms with E-state index in [1.165, 1.54) is 27.6 Å². The standard InChI is InChI=1S/C20H27NO2.H2O.83H2/c1-5-6-15-14(4)7-8-16-17-9-12-23-20(10-11-22,13(2)3)19(17)21-18(15)16;;;;;;;;;;;;;;;;;;;;;;;;;;;;;;;;;;;;;;;;;;;;;;;;;;;;;;;;;;;;;;;;;;;;;;;;;;;;;;;;;;;;/h7-8,11,13,21H,5-6,9-10,12H2,1-4H3;1H2;83*1H/t20-;;;;;;;;;;;;;;;;;;;;;;;;;;;;;;;;;;;;;;;;;;;;;;;;;;;;;;;;;;;;;;;;;;;;;;;;;;;;;;;;;;;;/m0..................................................................................../s1. The zero-order chi connectivity index (χ0) is 16.6. The molecule has 0 amide bonds. The summed E-state index contributed by atoms with van der Waals surface area (Å²) in [5.74, 6) is 0.246. The maximum atomic E-state index is 11.3. The Morgan fingerprint density at radius 3 is 2.79 bits per heavy atom. The van der Waals surface area contributed by atoms with Crippen molar-refractivity contribution in [2.75, 3.05) is 6.61 Å². The molecule has 4 nitrogen and oxygen atoms in total. The zero-order valence-electron chi connectivity index (χ0n) is 15.2. The van der Waals surface area contributed by atoms with Gasteiger partial charge in [0.05, 0.1) is 12.3 Å². The Balaban J connectivity index is -0.000000000930. The molecule has 1 aromatic carbocycles. The fraction of sp³-hybridized carbons (Fsp3) is 0.550. The number of carbonyl (C=O) groups excluding carboxylic acids is 1. The Hall–Kier alpha value is -1.65. The maximum Gasteiger partial charge on any atom is 0.123 e. The molecule has 0 unspecified atom stereocenters. The third-order valence-corrected chi connectivity index (χ3v) is 5.38. The molecule has 0 radical (unpaired) electrons. The van der Waals surface area contributed by atoms with Crippen LogP contribution >= 0.6 is 0 Å². The summed E-state index contributed by atoms with van der Waals surface area (Å²) < 4.78 is 6.19. The number of ether oxygens (including phenoxy) is 1. The second-order valence-corrected chi connectivity index (χ2v) is 7.03. The number of nitrogens with one attached hydrogen (secondary N) is 1. The molecule has 1 aromatic heterocycles. The number of rotatable bonds is 5. The predicted molar refractivity (Wildman–Crippen MR) is 273 cm³/mol. The number of hydrogen-bond donors (Lipinski definition) is 1. The summed E-state index contributed by atoms with van der Waals surface area (Å²) in [6.07, 6.45) is 4.53. The van der Waals surface area contributed by atoms with Crippen LogP contribution in [0.2, 0.25) is 0 Å². The Morgan fingerprint density at radius 2 is 2.17 bits per heavy atom.